The number of aromatic nitrogens is 1. The van der Waals surface area contributed by atoms with E-state index in [9.17, 15) is 14.4 Å². The number of amides is 1. The summed E-state index contributed by atoms with van der Waals surface area (Å²) < 4.78 is 6.63. The van der Waals surface area contributed by atoms with Crippen LogP contribution in [0.4, 0.5) is 0 Å². The lowest BCUT2D eigenvalue weighted by Crippen LogP contribution is -2.41. The zero-order valence-electron chi connectivity index (χ0n) is 11.8. The first-order valence-electron chi connectivity index (χ1n) is 6.76. The molecule has 1 amide bonds. The number of aliphatic carboxylic acids is 1. The average molecular weight is 294 g/mol. The Labute approximate surface area is 121 Å². The molecule has 2 rings (SSSR count). The van der Waals surface area contributed by atoms with E-state index in [0.29, 0.717) is 31.5 Å². The molecule has 0 radical (unpaired) electrons. The molecule has 0 saturated carbocycles. The zero-order chi connectivity index (χ0) is 15.4. The van der Waals surface area contributed by atoms with Gasteiger partial charge in [-0.25, -0.2) is 4.79 Å². The van der Waals surface area contributed by atoms with Crippen LogP contribution in [0, 0.1) is 0 Å². The predicted octanol–water partition coefficient (Wildman–Crippen LogP) is 0.0911. The molecule has 7 nitrogen and oxygen atoms in total. The van der Waals surface area contributed by atoms with Gasteiger partial charge in [-0.2, -0.15) is 0 Å². The monoisotopic (exact) mass is 294 g/mol. The molecule has 114 valence electrons. The van der Waals surface area contributed by atoms with Crippen molar-refractivity contribution in [2.75, 3.05) is 19.7 Å². The number of hydrogen-bond donors (Lipinski definition) is 1. The number of hydrogen-bond acceptors (Lipinski definition) is 4. The molecule has 0 spiro atoms. The lowest BCUT2D eigenvalue weighted by atomic mass is 10.1. The number of carboxylic acids is 1. The van der Waals surface area contributed by atoms with Gasteiger partial charge in [0.2, 0.25) is 0 Å². The molecule has 21 heavy (non-hydrogen) atoms. The van der Waals surface area contributed by atoms with Crippen LogP contribution in [-0.4, -0.2) is 52.3 Å². The van der Waals surface area contributed by atoms with Crippen molar-refractivity contribution in [1.29, 1.82) is 0 Å². The van der Waals surface area contributed by atoms with Crippen LogP contribution in [0.5, 0.6) is 0 Å². The van der Waals surface area contributed by atoms with E-state index in [1.165, 1.54) is 10.6 Å². The van der Waals surface area contributed by atoms with Gasteiger partial charge in [-0.15, -0.1) is 0 Å². The highest BCUT2D eigenvalue weighted by Gasteiger charge is 2.24. The Balaban J connectivity index is 1.92. The summed E-state index contributed by atoms with van der Waals surface area (Å²) in [5, 5.41) is 8.56. The number of pyridine rings is 1. The van der Waals surface area contributed by atoms with E-state index in [4.69, 9.17) is 9.84 Å². The van der Waals surface area contributed by atoms with Crippen molar-refractivity contribution < 1.29 is 19.4 Å². The van der Waals surface area contributed by atoms with Gasteiger partial charge in [-0.3, -0.25) is 9.59 Å². The molecule has 2 heterocycles. The van der Waals surface area contributed by atoms with Gasteiger partial charge in [0, 0.05) is 38.0 Å². The maximum Gasteiger partial charge on any atom is 0.329 e. The second-order valence-corrected chi connectivity index (χ2v) is 5.06. The number of nitrogens with zero attached hydrogens (tertiary/aromatic N) is 2. The zero-order valence-corrected chi connectivity index (χ0v) is 11.8. The van der Waals surface area contributed by atoms with E-state index in [2.05, 4.69) is 0 Å². The van der Waals surface area contributed by atoms with Crippen molar-refractivity contribution in [3.63, 3.8) is 0 Å². The number of carbonyl (C=O) groups is 2. The maximum absolute atomic E-state index is 12.3. The smallest absolute Gasteiger partial charge is 0.329 e. The summed E-state index contributed by atoms with van der Waals surface area (Å²) in [5.41, 5.74) is 0.156. The van der Waals surface area contributed by atoms with Gasteiger partial charge in [0.25, 0.3) is 11.5 Å². The fourth-order valence-electron chi connectivity index (χ4n) is 2.28. The molecular weight excluding hydrogens is 276 g/mol. The summed E-state index contributed by atoms with van der Waals surface area (Å²) in [5.74, 6) is -1.17. The normalized spacial score (nSPS) is 16.0. The van der Waals surface area contributed by atoms with Crippen molar-refractivity contribution in [2.45, 2.75) is 18.9 Å². The second-order valence-electron chi connectivity index (χ2n) is 5.06. The van der Waals surface area contributed by atoms with Gasteiger partial charge in [-0.1, -0.05) is 0 Å². The maximum atomic E-state index is 12.3. The lowest BCUT2D eigenvalue weighted by molar-refractivity contribution is -0.145. The van der Waals surface area contributed by atoms with Crippen molar-refractivity contribution >= 4 is 11.9 Å². The molecule has 0 aromatic carbocycles. The number of rotatable bonds is 4. The lowest BCUT2D eigenvalue weighted by Gasteiger charge is -2.31. The fourth-order valence-corrected chi connectivity index (χ4v) is 2.28. The highest BCUT2D eigenvalue weighted by atomic mass is 16.5. The molecule has 0 bridgehead atoms. The summed E-state index contributed by atoms with van der Waals surface area (Å²) >= 11 is 0. The quantitative estimate of drug-likeness (QED) is 0.850. The Morgan fingerprint density at radius 3 is 2.62 bits per heavy atom. The highest BCUT2D eigenvalue weighted by Crippen LogP contribution is 2.15. The Kier molecular flexibility index (Phi) is 4.74. The SMILES string of the molecule is Cn1ccc(C(=O)N2CCC(OCC(=O)O)CC2)cc1=O. The Hall–Kier alpha value is -2.15. The van der Waals surface area contributed by atoms with E-state index in [1.54, 1.807) is 24.2 Å². The third-order valence-electron chi connectivity index (χ3n) is 3.52. The molecule has 0 aliphatic carbocycles. The molecule has 1 aromatic rings. The molecule has 1 saturated heterocycles. The van der Waals surface area contributed by atoms with Crippen molar-refractivity contribution in [1.82, 2.24) is 9.47 Å². The Morgan fingerprint density at radius 2 is 2.05 bits per heavy atom. The Bertz CT molecular complexity index is 587. The van der Waals surface area contributed by atoms with Gasteiger partial charge in [0.05, 0.1) is 6.10 Å². The van der Waals surface area contributed by atoms with E-state index in [1.807, 2.05) is 0 Å². The first-order chi connectivity index (χ1) is 9.97. The second kappa shape index (κ2) is 6.53. The fraction of sp³-hybridized carbons (Fsp3) is 0.500. The molecular formula is C14H18N2O5. The minimum Gasteiger partial charge on any atom is -0.480 e. The van der Waals surface area contributed by atoms with Crippen molar-refractivity contribution in [3.8, 4) is 0 Å². The van der Waals surface area contributed by atoms with Crippen LogP contribution in [-0.2, 0) is 16.6 Å². The molecule has 1 N–H and O–H groups in total. The summed E-state index contributed by atoms with van der Waals surface area (Å²) in [6.45, 7) is 0.685. The number of carboxylic acid groups (broad SMARTS) is 1. The van der Waals surface area contributed by atoms with E-state index in [0.717, 1.165) is 0 Å². The van der Waals surface area contributed by atoms with E-state index >= 15 is 0 Å². The highest BCUT2D eigenvalue weighted by molar-refractivity contribution is 5.94. The van der Waals surface area contributed by atoms with Crippen LogP contribution in [0.15, 0.2) is 23.1 Å². The average Bonchev–Trinajstić information content (AvgIpc) is 2.48. The predicted molar refractivity (Wildman–Crippen MR) is 74.2 cm³/mol. The number of piperidine rings is 1. The third-order valence-corrected chi connectivity index (χ3v) is 3.52. The molecule has 1 fully saturated rings. The van der Waals surface area contributed by atoms with E-state index in [-0.39, 0.29) is 24.2 Å². The minimum absolute atomic E-state index is 0.131. The molecule has 7 heteroatoms. The minimum atomic E-state index is -0.992. The van der Waals surface area contributed by atoms with Crippen molar-refractivity contribution in [3.05, 3.63) is 34.2 Å². The summed E-state index contributed by atoms with van der Waals surface area (Å²) in [4.78, 5) is 35.9. The van der Waals surface area contributed by atoms with Crippen LogP contribution in [0.2, 0.25) is 0 Å². The first kappa shape index (κ1) is 15.2. The van der Waals surface area contributed by atoms with Gasteiger partial charge >= 0.3 is 5.97 Å². The third kappa shape index (κ3) is 3.91. The molecule has 0 unspecified atom stereocenters. The summed E-state index contributed by atoms with van der Waals surface area (Å²) in [6.07, 6.45) is 2.64. The van der Waals surface area contributed by atoms with Crippen LogP contribution >= 0.6 is 0 Å². The van der Waals surface area contributed by atoms with E-state index < -0.39 is 5.97 Å². The number of likely N-dealkylation sites (tertiary alicyclic amines) is 1. The summed E-state index contributed by atoms with van der Waals surface area (Å²) in [6, 6.07) is 2.95. The van der Waals surface area contributed by atoms with Crippen molar-refractivity contribution in [2.24, 2.45) is 7.05 Å². The molecule has 1 aliphatic heterocycles. The molecule has 1 aromatic heterocycles. The van der Waals surface area contributed by atoms with Crippen LogP contribution in [0.25, 0.3) is 0 Å². The molecule has 1 aliphatic rings. The number of carbonyl (C=O) groups excluding carboxylic acids is 1. The van der Waals surface area contributed by atoms with Gasteiger partial charge in [0.15, 0.2) is 0 Å². The Morgan fingerprint density at radius 1 is 1.38 bits per heavy atom. The number of aryl methyl sites for hydroxylation is 1. The van der Waals surface area contributed by atoms with Gasteiger partial charge in [0.1, 0.15) is 6.61 Å². The van der Waals surface area contributed by atoms with Crippen LogP contribution in [0.1, 0.15) is 23.2 Å². The first-order valence-corrected chi connectivity index (χ1v) is 6.76. The topological polar surface area (TPSA) is 88.8 Å². The van der Waals surface area contributed by atoms with Crippen LogP contribution < -0.4 is 5.56 Å². The largest absolute Gasteiger partial charge is 0.480 e. The molecule has 0 atom stereocenters. The summed E-state index contributed by atoms with van der Waals surface area (Å²) in [7, 11) is 1.63. The van der Waals surface area contributed by atoms with Gasteiger partial charge in [-0.05, 0) is 18.9 Å². The standard InChI is InChI=1S/C14H18N2O5/c1-15-5-2-10(8-12(15)17)14(20)16-6-3-11(4-7-16)21-9-13(18)19/h2,5,8,11H,3-4,6-7,9H2,1H3,(H,18,19). The van der Waals surface area contributed by atoms with Crippen LogP contribution in [0.3, 0.4) is 0 Å². The number of ether oxygens (including phenoxy) is 1. The van der Waals surface area contributed by atoms with Gasteiger partial charge < -0.3 is 19.3 Å².